The monoisotopic (exact) mass is 1540 g/mol. The average Bonchev–Trinajstić information content (AvgIpc) is 0.923. The number of ether oxygens (including phenoxy) is 4. The van der Waals surface area contributed by atoms with Gasteiger partial charge in [0, 0.05) is 19.3 Å². The zero-order valence-electron chi connectivity index (χ0n) is 66.7. The number of hydrogen-bond acceptors (Lipinski definition) is 15. The highest BCUT2D eigenvalue weighted by Gasteiger charge is 2.30. The van der Waals surface area contributed by atoms with Crippen LogP contribution in [0.25, 0.3) is 0 Å². The predicted molar refractivity (Wildman–Crippen MR) is 445 cm³/mol. The Hall–Kier alpha value is -6.10. The Morgan fingerprint density at radius 2 is 0.537 bits per heavy atom. The van der Waals surface area contributed by atoms with Crippen molar-refractivity contribution in [3.8, 4) is 0 Å². The molecule has 610 valence electrons. The molecular formula is C89H142O17P2. The number of allylic oxidation sites excluding steroid dienone is 31. The highest BCUT2D eigenvalue weighted by molar-refractivity contribution is 7.47. The Balaban J connectivity index is 5.52. The first kappa shape index (κ1) is 102. The number of phosphoric ester groups is 2. The van der Waals surface area contributed by atoms with Gasteiger partial charge in [-0.25, -0.2) is 9.13 Å². The first-order valence-electron chi connectivity index (χ1n) is 40.7. The maximum absolute atomic E-state index is 13.1. The molecule has 0 aromatic carbocycles. The Morgan fingerprint density at radius 3 is 0.889 bits per heavy atom. The highest BCUT2D eigenvalue weighted by Crippen LogP contribution is 2.45. The molecule has 0 spiro atoms. The summed E-state index contributed by atoms with van der Waals surface area (Å²) in [5.41, 5.74) is 0. The van der Waals surface area contributed by atoms with Crippen molar-refractivity contribution in [2.24, 2.45) is 0 Å². The van der Waals surface area contributed by atoms with Gasteiger partial charge in [-0.05, 0) is 154 Å². The van der Waals surface area contributed by atoms with Crippen LogP contribution < -0.4 is 0 Å². The summed E-state index contributed by atoms with van der Waals surface area (Å²) in [4.78, 5) is 73.0. The third-order valence-corrected chi connectivity index (χ3v) is 18.0. The van der Waals surface area contributed by atoms with Gasteiger partial charge in [-0.1, -0.05) is 299 Å². The Kier molecular flexibility index (Phi) is 74.5. The molecule has 0 bridgehead atoms. The Bertz CT molecular complexity index is 2810. The summed E-state index contributed by atoms with van der Waals surface area (Å²) in [6.45, 7) is 4.28. The van der Waals surface area contributed by atoms with Gasteiger partial charge in [-0.2, -0.15) is 0 Å². The van der Waals surface area contributed by atoms with Gasteiger partial charge in [0.2, 0.25) is 0 Å². The van der Waals surface area contributed by atoms with Gasteiger partial charge in [0.25, 0.3) is 0 Å². The van der Waals surface area contributed by atoms with E-state index in [2.05, 4.69) is 180 Å². The Labute approximate surface area is 653 Å². The molecule has 0 fully saturated rings. The van der Waals surface area contributed by atoms with E-state index in [0.29, 0.717) is 32.1 Å². The number of phosphoric acid groups is 2. The number of unbranched alkanes of at least 4 members (excludes halogenated alkanes) is 17. The second-order valence-electron chi connectivity index (χ2n) is 26.2. The van der Waals surface area contributed by atoms with Crippen LogP contribution in [0.15, 0.2) is 194 Å². The van der Waals surface area contributed by atoms with Crippen molar-refractivity contribution in [3.63, 3.8) is 0 Å². The smallest absolute Gasteiger partial charge is 0.462 e. The molecule has 0 radical (unpaired) electrons. The van der Waals surface area contributed by atoms with Crippen molar-refractivity contribution in [3.05, 3.63) is 194 Å². The van der Waals surface area contributed by atoms with Crippen molar-refractivity contribution >= 4 is 39.5 Å². The summed E-state index contributed by atoms with van der Waals surface area (Å²) < 4.78 is 68.4. The van der Waals surface area contributed by atoms with E-state index in [0.717, 1.165) is 161 Å². The molecular weight excluding hydrogens is 1400 g/mol. The summed E-state index contributed by atoms with van der Waals surface area (Å²) in [5.74, 6) is -2.46. The van der Waals surface area contributed by atoms with Gasteiger partial charge in [0.15, 0.2) is 12.2 Å². The normalized spacial score (nSPS) is 14.8. The van der Waals surface area contributed by atoms with Crippen LogP contribution in [0.5, 0.6) is 0 Å². The Morgan fingerprint density at radius 1 is 0.278 bits per heavy atom. The first-order valence-corrected chi connectivity index (χ1v) is 43.7. The molecule has 19 heteroatoms. The second kappa shape index (κ2) is 79.0. The fraction of sp³-hybridized carbons (Fsp3) is 0.596. The first-order chi connectivity index (χ1) is 52.7. The number of carbonyl (C=O) groups excluding carboxylic acids is 4. The van der Waals surface area contributed by atoms with E-state index >= 15 is 0 Å². The lowest BCUT2D eigenvalue weighted by Gasteiger charge is -2.21. The minimum Gasteiger partial charge on any atom is -0.462 e. The molecule has 0 amide bonds. The third kappa shape index (κ3) is 78.0. The van der Waals surface area contributed by atoms with Gasteiger partial charge in [0.1, 0.15) is 19.3 Å². The summed E-state index contributed by atoms with van der Waals surface area (Å²) >= 11 is 0. The number of aliphatic hydroxyl groups excluding tert-OH is 1. The van der Waals surface area contributed by atoms with Gasteiger partial charge >= 0.3 is 39.5 Å². The molecule has 5 unspecified atom stereocenters. The van der Waals surface area contributed by atoms with Crippen molar-refractivity contribution in [1.82, 2.24) is 0 Å². The molecule has 0 aliphatic carbocycles. The maximum Gasteiger partial charge on any atom is 0.472 e. The van der Waals surface area contributed by atoms with E-state index in [1.807, 2.05) is 30.4 Å². The lowest BCUT2D eigenvalue weighted by Crippen LogP contribution is -2.30. The van der Waals surface area contributed by atoms with Crippen molar-refractivity contribution in [2.75, 3.05) is 39.6 Å². The quantitative estimate of drug-likeness (QED) is 0.0169. The van der Waals surface area contributed by atoms with E-state index in [-0.39, 0.29) is 25.7 Å². The lowest BCUT2D eigenvalue weighted by molar-refractivity contribution is -0.161. The van der Waals surface area contributed by atoms with Crippen LogP contribution >= 0.6 is 15.6 Å². The molecule has 0 heterocycles. The zero-order chi connectivity index (χ0) is 78.9. The van der Waals surface area contributed by atoms with Crippen LogP contribution in [0.2, 0.25) is 0 Å². The van der Waals surface area contributed by atoms with E-state index in [4.69, 9.17) is 37.0 Å². The van der Waals surface area contributed by atoms with Gasteiger partial charge in [0.05, 0.1) is 32.8 Å². The fourth-order valence-electron chi connectivity index (χ4n) is 10.0. The van der Waals surface area contributed by atoms with Crippen LogP contribution in [0.3, 0.4) is 0 Å². The minimum atomic E-state index is -5.02. The van der Waals surface area contributed by atoms with Crippen LogP contribution in [-0.4, -0.2) is 96.7 Å². The zero-order valence-corrected chi connectivity index (χ0v) is 68.5. The summed E-state index contributed by atoms with van der Waals surface area (Å²) in [5, 5.41) is 10.6. The van der Waals surface area contributed by atoms with E-state index < -0.39 is 97.5 Å². The molecule has 17 nitrogen and oxygen atoms in total. The molecule has 3 N–H and O–H groups in total. The summed E-state index contributed by atoms with van der Waals surface area (Å²) in [7, 11) is -10.0. The largest absolute Gasteiger partial charge is 0.472 e. The van der Waals surface area contributed by atoms with E-state index in [1.165, 1.54) is 38.5 Å². The number of esters is 4. The molecule has 0 saturated heterocycles. The highest BCUT2D eigenvalue weighted by atomic mass is 31.2. The second-order valence-corrected chi connectivity index (χ2v) is 29.1. The molecule has 108 heavy (non-hydrogen) atoms. The predicted octanol–water partition coefficient (Wildman–Crippen LogP) is 24.1. The lowest BCUT2D eigenvalue weighted by atomic mass is 10.1. The molecule has 0 rings (SSSR count). The molecule has 5 atom stereocenters. The number of hydrogen-bond donors (Lipinski definition) is 3. The fourth-order valence-corrected chi connectivity index (χ4v) is 11.6. The SMILES string of the molecule is CC/C=C\C/C=C\C/C=C\C/C=C\C/C=C\C/C=C\CCC(=O)OCC(COP(=O)(O)OCC(O)COP(=O)(O)OCC(COC(=O)CCCCCCCC/C=C\C/C=C\C/C=C\C/C=C\CC)OC(=O)C/C=C\C/C=C\C/C=C\C/C=C\C/C=C\CC)OC(=O)CCCCCCC/C=C\CCCCCCCC. The summed E-state index contributed by atoms with van der Waals surface area (Å²) in [6, 6.07) is 0. The minimum absolute atomic E-state index is 0.0258. The van der Waals surface area contributed by atoms with Gasteiger partial charge < -0.3 is 33.8 Å². The van der Waals surface area contributed by atoms with Gasteiger partial charge in [-0.15, -0.1) is 0 Å². The van der Waals surface area contributed by atoms with Crippen molar-refractivity contribution < 1.29 is 80.2 Å². The van der Waals surface area contributed by atoms with Crippen LogP contribution in [-0.2, 0) is 65.4 Å². The molecule has 0 aliphatic heterocycles. The van der Waals surface area contributed by atoms with Crippen LogP contribution in [0.4, 0.5) is 0 Å². The van der Waals surface area contributed by atoms with Crippen molar-refractivity contribution in [1.29, 1.82) is 0 Å². The molecule has 0 aromatic rings. The standard InChI is InChI=1S/C89H142O17P2/c1-5-9-13-17-21-25-29-33-37-39-41-43-47-49-53-57-61-65-69-73-86(91)99-79-84(105-88(93)75-71-67-63-59-55-51-45-35-31-27-23-19-15-11-7-3)81-103-107(95,96)101-77-83(90)78-102-108(97,98)104-82-85(106-89(94)76-72-68-64-60-56-52-46-36-32-28-24-20-16-12-8-4)80-100-87(92)74-70-66-62-58-54-50-48-44-42-40-38-34-30-26-22-18-14-10-6-2/h9-11,13-15,21-23,25-27,33-38,41-46,50,54-55,59,62,66-67,71,83-85,90H,5-8,12,16-20,24,28-32,39-40,47-49,51-53,56-58,60-61,63-65,68-70,72-82H2,1-4H3,(H,95,96)(H,97,98)/b13-9-,14-10-,15-11-,25-21-,26-22-,27-23-,37-33-,38-34-,43-41-,44-42-,45-35-,46-36-,54-50-,59-55-,66-62-,71-67-. The van der Waals surface area contributed by atoms with Crippen LogP contribution in [0, 0.1) is 0 Å². The van der Waals surface area contributed by atoms with E-state index in [1.54, 1.807) is 12.2 Å². The molecule has 0 saturated carbocycles. The molecule has 0 aromatic heterocycles. The third-order valence-electron chi connectivity index (χ3n) is 16.1. The maximum atomic E-state index is 13.1. The number of carbonyl (C=O) groups is 4. The topological polar surface area (TPSA) is 237 Å². The van der Waals surface area contributed by atoms with Crippen molar-refractivity contribution in [2.45, 2.75) is 303 Å². The van der Waals surface area contributed by atoms with Crippen LogP contribution in [0.1, 0.15) is 285 Å². The summed E-state index contributed by atoms with van der Waals surface area (Å²) in [6.07, 6.45) is 97.4. The molecule has 0 aliphatic rings. The average molecular weight is 1550 g/mol. The number of aliphatic hydroxyl groups is 1. The van der Waals surface area contributed by atoms with E-state index in [9.17, 15) is 43.2 Å². The van der Waals surface area contributed by atoms with Gasteiger partial charge in [-0.3, -0.25) is 37.3 Å². The number of rotatable bonds is 74.